The number of aryl methyl sites for hydroxylation is 1. The minimum absolute atomic E-state index is 0.0235. The maximum absolute atomic E-state index is 11.0. The van der Waals surface area contributed by atoms with Gasteiger partial charge < -0.3 is 9.84 Å². The summed E-state index contributed by atoms with van der Waals surface area (Å²) in [6.45, 7) is 0. The molecular formula is C19H13N5O3. The highest BCUT2D eigenvalue weighted by molar-refractivity contribution is 5.87. The Morgan fingerprint density at radius 1 is 1.19 bits per heavy atom. The number of nitrogens with zero attached hydrogens (tertiary/aromatic N) is 4. The predicted octanol–water partition coefficient (Wildman–Crippen LogP) is 2.58. The van der Waals surface area contributed by atoms with E-state index >= 15 is 0 Å². The Morgan fingerprint density at radius 3 is 2.78 bits per heavy atom. The van der Waals surface area contributed by atoms with Crippen LogP contribution in [0.1, 0.15) is 21.6 Å². The lowest BCUT2D eigenvalue weighted by molar-refractivity contribution is 0.0687. The second-order valence-electron chi connectivity index (χ2n) is 5.68. The van der Waals surface area contributed by atoms with Crippen LogP contribution >= 0.6 is 0 Å². The molecule has 0 aliphatic heterocycles. The Balaban J connectivity index is 1.56. The van der Waals surface area contributed by atoms with E-state index in [1.54, 1.807) is 30.5 Å². The Morgan fingerprint density at radius 2 is 2.00 bits per heavy atom. The Labute approximate surface area is 153 Å². The van der Waals surface area contributed by atoms with E-state index in [2.05, 4.69) is 32.4 Å². The lowest BCUT2D eigenvalue weighted by atomic mass is 10.1. The van der Waals surface area contributed by atoms with Gasteiger partial charge in [0.1, 0.15) is 5.75 Å². The van der Waals surface area contributed by atoms with Crippen LogP contribution in [0.4, 0.5) is 0 Å². The van der Waals surface area contributed by atoms with Crippen molar-refractivity contribution in [3.05, 3.63) is 65.5 Å². The summed E-state index contributed by atoms with van der Waals surface area (Å²) in [5.41, 5.74) is 2.44. The van der Waals surface area contributed by atoms with Crippen LogP contribution in [-0.2, 0) is 7.05 Å². The number of H-pyrrole nitrogens is 1. The number of hydrogen-bond donors (Lipinski definition) is 2. The average molecular weight is 359 g/mol. The molecule has 0 fully saturated rings. The van der Waals surface area contributed by atoms with E-state index in [1.807, 2.05) is 29.9 Å². The van der Waals surface area contributed by atoms with Gasteiger partial charge in [0.25, 0.3) is 5.88 Å². The molecule has 8 heteroatoms. The zero-order valence-corrected chi connectivity index (χ0v) is 14.2. The first kappa shape index (κ1) is 16.4. The topological polar surface area (TPSA) is 106 Å². The standard InChI is InChI=1S/C19H13N5O3/c1-24-16-4-2-3-13(15(16)11-20-24)8-5-12-6-9-14(10-7-12)27-18-17(19(25)26)21-23-22-18/h2-4,6-7,9-11H,1H3,(H,25,26)(H,21,22,23). The van der Waals surface area contributed by atoms with Crippen molar-refractivity contribution in [3.63, 3.8) is 0 Å². The molecule has 2 N–H and O–H groups in total. The zero-order valence-electron chi connectivity index (χ0n) is 14.2. The third kappa shape index (κ3) is 3.21. The molecule has 132 valence electrons. The van der Waals surface area contributed by atoms with E-state index in [0.29, 0.717) is 5.75 Å². The molecule has 0 radical (unpaired) electrons. The first-order chi connectivity index (χ1) is 13.1. The van der Waals surface area contributed by atoms with E-state index in [4.69, 9.17) is 9.84 Å². The number of ether oxygens (including phenoxy) is 1. The van der Waals surface area contributed by atoms with Crippen molar-refractivity contribution >= 4 is 16.9 Å². The fourth-order valence-electron chi connectivity index (χ4n) is 2.58. The lowest BCUT2D eigenvalue weighted by Crippen LogP contribution is -1.99. The Hall–Kier alpha value is -4.12. The van der Waals surface area contributed by atoms with Crippen LogP contribution in [0, 0.1) is 11.8 Å². The summed E-state index contributed by atoms with van der Waals surface area (Å²) in [7, 11) is 1.89. The van der Waals surface area contributed by atoms with Crippen LogP contribution in [0.15, 0.2) is 48.7 Å². The normalized spacial score (nSPS) is 10.4. The number of carboxylic acid groups (broad SMARTS) is 1. The number of carboxylic acids is 1. The molecule has 4 aromatic rings. The van der Waals surface area contributed by atoms with Crippen molar-refractivity contribution < 1.29 is 14.6 Å². The number of aromatic carboxylic acids is 1. The second-order valence-corrected chi connectivity index (χ2v) is 5.68. The van der Waals surface area contributed by atoms with Gasteiger partial charge in [-0.2, -0.15) is 5.10 Å². The van der Waals surface area contributed by atoms with E-state index in [-0.39, 0.29) is 11.6 Å². The van der Waals surface area contributed by atoms with Gasteiger partial charge in [0.2, 0.25) is 5.69 Å². The molecule has 0 atom stereocenters. The number of carbonyl (C=O) groups is 1. The highest BCUT2D eigenvalue weighted by Gasteiger charge is 2.16. The summed E-state index contributed by atoms with van der Waals surface area (Å²) in [6.07, 6.45) is 1.80. The molecule has 0 aliphatic carbocycles. The van der Waals surface area contributed by atoms with Crippen molar-refractivity contribution in [1.29, 1.82) is 0 Å². The molecule has 27 heavy (non-hydrogen) atoms. The number of nitrogens with one attached hydrogen (secondary N) is 1. The van der Waals surface area contributed by atoms with Gasteiger partial charge in [-0.05, 0) is 36.4 Å². The largest absolute Gasteiger partial charge is 0.476 e. The molecule has 0 spiro atoms. The highest BCUT2D eigenvalue weighted by Crippen LogP contribution is 2.22. The van der Waals surface area contributed by atoms with Crippen LogP contribution in [0.3, 0.4) is 0 Å². The fourth-order valence-corrected chi connectivity index (χ4v) is 2.58. The van der Waals surface area contributed by atoms with Crippen LogP contribution < -0.4 is 4.74 Å². The Bertz CT molecular complexity index is 1200. The number of aromatic nitrogens is 5. The van der Waals surface area contributed by atoms with E-state index < -0.39 is 5.97 Å². The van der Waals surface area contributed by atoms with Gasteiger partial charge in [0, 0.05) is 23.6 Å². The summed E-state index contributed by atoms with van der Waals surface area (Å²) in [4.78, 5) is 11.0. The minimum atomic E-state index is -1.22. The van der Waals surface area contributed by atoms with Crippen molar-refractivity contribution in [2.24, 2.45) is 7.05 Å². The third-order valence-electron chi connectivity index (χ3n) is 3.93. The molecule has 0 aliphatic rings. The van der Waals surface area contributed by atoms with Crippen molar-refractivity contribution in [2.75, 3.05) is 0 Å². The van der Waals surface area contributed by atoms with Gasteiger partial charge in [0.15, 0.2) is 0 Å². The van der Waals surface area contributed by atoms with Gasteiger partial charge in [0.05, 0.1) is 11.7 Å². The van der Waals surface area contributed by atoms with Gasteiger partial charge in [-0.25, -0.2) is 9.89 Å². The number of aromatic amines is 1. The summed E-state index contributed by atoms with van der Waals surface area (Å²) >= 11 is 0. The molecule has 8 nitrogen and oxygen atoms in total. The fraction of sp³-hybridized carbons (Fsp3) is 0.0526. The maximum atomic E-state index is 11.0. The Kier molecular flexibility index (Phi) is 4.03. The predicted molar refractivity (Wildman–Crippen MR) is 96.6 cm³/mol. The molecular weight excluding hydrogens is 346 g/mol. The van der Waals surface area contributed by atoms with Crippen LogP contribution in [-0.4, -0.2) is 36.3 Å². The molecule has 0 saturated heterocycles. The van der Waals surface area contributed by atoms with Crippen LogP contribution in [0.5, 0.6) is 11.6 Å². The molecule has 2 aromatic carbocycles. The van der Waals surface area contributed by atoms with Gasteiger partial charge in [-0.1, -0.05) is 23.1 Å². The second kappa shape index (κ2) is 6.65. The summed E-state index contributed by atoms with van der Waals surface area (Å²) < 4.78 is 7.28. The molecule has 0 amide bonds. The van der Waals surface area contributed by atoms with E-state index in [1.165, 1.54) is 0 Å². The van der Waals surface area contributed by atoms with Gasteiger partial charge >= 0.3 is 5.97 Å². The van der Waals surface area contributed by atoms with Crippen molar-refractivity contribution in [3.8, 4) is 23.5 Å². The first-order valence-electron chi connectivity index (χ1n) is 7.97. The molecule has 0 saturated carbocycles. The molecule has 0 unspecified atom stereocenters. The SMILES string of the molecule is Cn1ncc2c(C#Cc3ccc(Oc4[nH]nnc4C(=O)O)cc3)cccc21. The number of hydrogen-bond acceptors (Lipinski definition) is 5. The van der Waals surface area contributed by atoms with Crippen molar-refractivity contribution in [1.82, 2.24) is 25.2 Å². The van der Waals surface area contributed by atoms with Crippen molar-refractivity contribution in [2.45, 2.75) is 0 Å². The molecule has 0 bridgehead atoms. The van der Waals surface area contributed by atoms with Crippen LogP contribution in [0.2, 0.25) is 0 Å². The monoisotopic (exact) mass is 359 g/mol. The minimum Gasteiger partial charge on any atom is -0.476 e. The van der Waals surface area contributed by atoms with Gasteiger partial charge in [-0.3, -0.25) is 4.68 Å². The number of rotatable bonds is 3. The maximum Gasteiger partial charge on any atom is 0.362 e. The van der Waals surface area contributed by atoms with Gasteiger partial charge in [-0.15, -0.1) is 5.10 Å². The molecule has 2 heterocycles. The van der Waals surface area contributed by atoms with E-state index in [0.717, 1.165) is 22.0 Å². The number of benzene rings is 2. The molecule has 4 rings (SSSR count). The number of fused-ring (bicyclic) bond motifs is 1. The zero-order chi connectivity index (χ0) is 18.8. The highest BCUT2D eigenvalue weighted by atomic mass is 16.5. The van der Waals surface area contributed by atoms with Crippen LogP contribution in [0.25, 0.3) is 10.9 Å². The smallest absolute Gasteiger partial charge is 0.362 e. The summed E-state index contributed by atoms with van der Waals surface area (Å²) in [5, 5.41) is 23.6. The third-order valence-corrected chi connectivity index (χ3v) is 3.93. The van der Waals surface area contributed by atoms with E-state index in [9.17, 15) is 4.79 Å². The summed E-state index contributed by atoms with van der Waals surface area (Å²) in [5.74, 6) is 5.47. The average Bonchev–Trinajstić information content (AvgIpc) is 3.29. The first-order valence-corrected chi connectivity index (χ1v) is 7.97. The summed E-state index contributed by atoms with van der Waals surface area (Å²) in [6, 6.07) is 12.9. The quantitative estimate of drug-likeness (QED) is 0.545. The lowest BCUT2D eigenvalue weighted by Gasteiger charge is -2.02. The molecule has 2 aromatic heterocycles.